The van der Waals surface area contributed by atoms with Crippen molar-refractivity contribution in [1.29, 1.82) is 0 Å². The Morgan fingerprint density at radius 2 is 2.00 bits per heavy atom. The largest absolute Gasteiger partial charge is 0.327 e. The average Bonchev–Trinajstić information content (AvgIpc) is 2.24. The van der Waals surface area contributed by atoms with E-state index in [1.54, 1.807) is 0 Å². The number of rotatable bonds is 3. The molecule has 2 rings (SSSR count). The number of halogens is 2. The molecule has 1 aromatic rings. The van der Waals surface area contributed by atoms with Crippen molar-refractivity contribution in [3.63, 3.8) is 0 Å². The van der Waals surface area contributed by atoms with Crippen LogP contribution in [0.1, 0.15) is 13.3 Å². The van der Waals surface area contributed by atoms with E-state index in [0.29, 0.717) is 12.5 Å². The van der Waals surface area contributed by atoms with E-state index in [4.69, 9.17) is 5.73 Å². The van der Waals surface area contributed by atoms with Crippen LogP contribution in [0.5, 0.6) is 0 Å². The van der Waals surface area contributed by atoms with Crippen molar-refractivity contribution in [1.82, 2.24) is 4.90 Å². The van der Waals surface area contributed by atoms with Crippen molar-refractivity contribution in [2.75, 3.05) is 25.0 Å². The predicted octanol–water partition coefficient (Wildman–Crippen LogP) is 1.57. The van der Waals surface area contributed by atoms with E-state index in [0.717, 1.165) is 31.2 Å². The second kappa shape index (κ2) is 6.28. The van der Waals surface area contributed by atoms with Gasteiger partial charge in [0.2, 0.25) is 5.91 Å². The Kier molecular flexibility index (Phi) is 4.67. The number of benzene rings is 1. The van der Waals surface area contributed by atoms with Crippen LogP contribution in [0.25, 0.3) is 0 Å². The van der Waals surface area contributed by atoms with E-state index in [1.165, 1.54) is 0 Å². The van der Waals surface area contributed by atoms with E-state index >= 15 is 0 Å². The summed E-state index contributed by atoms with van der Waals surface area (Å²) in [4.78, 5) is 13.8. The maximum atomic E-state index is 13.0. The topological polar surface area (TPSA) is 58.4 Å². The van der Waals surface area contributed by atoms with E-state index < -0.39 is 11.6 Å². The predicted molar refractivity (Wildman–Crippen MR) is 73.2 cm³/mol. The van der Waals surface area contributed by atoms with Gasteiger partial charge in [0, 0.05) is 30.9 Å². The zero-order valence-electron chi connectivity index (χ0n) is 11.4. The molecule has 4 nitrogen and oxygen atoms in total. The molecule has 1 amide bonds. The molecule has 0 radical (unpaired) electrons. The number of hydrogen-bond donors (Lipinski definition) is 2. The van der Waals surface area contributed by atoms with Gasteiger partial charge in [-0.3, -0.25) is 9.69 Å². The molecule has 3 N–H and O–H groups in total. The van der Waals surface area contributed by atoms with Crippen LogP contribution >= 0.6 is 0 Å². The highest BCUT2D eigenvalue weighted by atomic mass is 19.1. The molecule has 0 aliphatic carbocycles. The number of carbonyl (C=O) groups excluding carboxylic acids is 1. The molecule has 2 atom stereocenters. The normalized spacial score (nSPS) is 23.6. The maximum absolute atomic E-state index is 13.0. The number of piperidine rings is 1. The number of anilines is 1. The molecular weight excluding hydrogens is 264 g/mol. The van der Waals surface area contributed by atoms with Crippen LogP contribution in [0.2, 0.25) is 0 Å². The van der Waals surface area contributed by atoms with Gasteiger partial charge >= 0.3 is 0 Å². The first-order valence-electron chi connectivity index (χ1n) is 6.66. The zero-order valence-corrected chi connectivity index (χ0v) is 11.4. The monoisotopic (exact) mass is 283 g/mol. The summed E-state index contributed by atoms with van der Waals surface area (Å²) >= 11 is 0. The van der Waals surface area contributed by atoms with Crippen LogP contribution in [0.15, 0.2) is 18.2 Å². The molecule has 6 heteroatoms. The maximum Gasteiger partial charge on any atom is 0.238 e. The summed E-state index contributed by atoms with van der Waals surface area (Å²) in [6.45, 7) is 3.73. The molecular formula is C14H19F2N3O. The fourth-order valence-electron chi connectivity index (χ4n) is 2.67. The SMILES string of the molecule is CC1CC(N)CN(CC(=O)Nc2cc(F)cc(F)c2)C1. The lowest BCUT2D eigenvalue weighted by atomic mass is 9.97. The molecule has 0 saturated carbocycles. The summed E-state index contributed by atoms with van der Waals surface area (Å²) in [5, 5.41) is 2.50. The smallest absolute Gasteiger partial charge is 0.238 e. The van der Waals surface area contributed by atoms with Crippen molar-refractivity contribution >= 4 is 11.6 Å². The fourth-order valence-corrected chi connectivity index (χ4v) is 2.67. The van der Waals surface area contributed by atoms with Crippen LogP contribution in [-0.4, -0.2) is 36.5 Å². The van der Waals surface area contributed by atoms with Crippen molar-refractivity contribution < 1.29 is 13.6 Å². The average molecular weight is 283 g/mol. The molecule has 2 unspecified atom stereocenters. The summed E-state index contributed by atoms with van der Waals surface area (Å²) in [7, 11) is 0. The first-order valence-corrected chi connectivity index (χ1v) is 6.66. The fraction of sp³-hybridized carbons (Fsp3) is 0.500. The van der Waals surface area contributed by atoms with E-state index in [-0.39, 0.29) is 24.2 Å². The molecule has 1 aliphatic heterocycles. The first-order chi connectivity index (χ1) is 9.42. The van der Waals surface area contributed by atoms with Crippen molar-refractivity contribution in [3.05, 3.63) is 29.8 Å². The van der Waals surface area contributed by atoms with Gasteiger partial charge in [-0.05, 0) is 24.5 Å². The third-order valence-corrected chi connectivity index (χ3v) is 3.28. The van der Waals surface area contributed by atoms with Gasteiger partial charge < -0.3 is 11.1 Å². The van der Waals surface area contributed by atoms with Crippen LogP contribution in [-0.2, 0) is 4.79 Å². The zero-order chi connectivity index (χ0) is 14.7. The number of likely N-dealkylation sites (tertiary alicyclic amines) is 1. The van der Waals surface area contributed by atoms with Crippen molar-refractivity contribution in [2.45, 2.75) is 19.4 Å². The molecule has 0 aromatic heterocycles. The van der Waals surface area contributed by atoms with Gasteiger partial charge in [0.05, 0.1) is 6.54 Å². The van der Waals surface area contributed by atoms with Gasteiger partial charge in [0.15, 0.2) is 0 Å². The Bertz CT molecular complexity index is 465. The van der Waals surface area contributed by atoms with Crippen LogP contribution in [0.4, 0.5) is 14.5 Å². The van der Waals surface area contributed by atoms with Gasteiger partial charge in [-0.25, -0.2) is 8.78 Å². The number of nitrogens with two attached hydrogens (primary N) is 1. The van der Waals surface area contributed by atoms with E-state index in [9.17, 15) is 13.6 Å². The van der Waals surface area contributed by atoms with Crippen molar-refractivity contribution in [3.8, 4) is 0 Å². The molecule has 20 heavy (non-hydrogen) atoms. The molecule has 110 valence electrons. The number of hydrogen-bond acceptors (Lipinski definition) is 3. The highest BCUT2D eigenvalue weighted by Crippen LogP contribution is 2.16. The standard InChI is InChI=1S/C14H19F2N3O/c1-9-2-12(17)7-19(6-9)8-14(20)18-13-4-10(15)3-11(16)5-13/h3-5,9,12H,2,6-8,17H2,1H3,(H,18,20). The highest BCUT2D eigenvalue weighted by molar-refractivity contribution is 5.92. The Morgan fingerprint density at radius 3 is 2.60 bits per heavy atom. The molecule has 1 aromatic carbocycles. The lowest BCUT2D eigenvalue weighted by Crippen LogP contribution is -2.48. The number of nitrogens with zero attached hydrogens (tertiary/aromatic N) is 1. The van der Waals surface area contributed by atoms with Crippen LogP contribution < -0.4 is 11.1 Å². The minimum absolute atomic E-state index is 0.0677. The molecule has 1 aliphatic rings. The minimum Gasteiger partial charge on any atom is -0.327 e. The van der Waals surface area contributed by atoms with E-state index in [1.807, 2.05) is 4.90 Å². The van der Waals surface area contributed by atoms with E-state index in [2.05, 4.69) is 12.2 Å². The molecule has 1 saturated heterocycles. The van der Waals surface area contributed by atoms with Gasteiger partial charge in [0.1, 0.15) is 11.6 Å². The second-order valence-corrected chi connectivity index (χ2v) is 5.50. The number of nitrogens with one attached hydrogen (secondary N) is 1. The molecule has 1 heterocycles. The number of amides is 1. The highest BCUT2D eigenvalue weighted by Gasteiger charge is 2.23. The Labute approximate surface area is 116 Å². The molecule has 0 spiro atoms. The third kappa shape index (κ3) is 4.25. The van der Waals surface area contributed by atoms with Gasteiger partial charge in [0.25, 0.3) is 0 Å². The summed E-state index contributed by atoms with van der Waals surface area (Å²) in [5.74, 6) is -1.28. The lowest BCUT2D eigenvalue weighted by Gasteiger charge is -2.34. The summed E-state index contributed by atoms with van der Waals surface area (Å²) in [6, 6.07) is 3.01. The molecule has 1 fully saturated rings. The Morgan fingerprint density at radius 1 is 1.35 bits per heavy atom. The van der Waals surface area contributed by atoms with Crippen LogP contribution in [0.3, 0.4) is 0 Å². The first kappa shape index (κ1) is 14.9. The molecule has 0 bridgehead atoms. The van der Waals surface area contributed by atoms with Gasteiger partial charge in [-0.15, -0.1) is 0 Å². The third-order valence-electron chi connectivity index (χ3n) is 3.28. The Balaban J connectivity index is 1.92. The summed E-state index contributed by atoms with van der Waals surface area (Å²) < 4.78 is 26.0. The summed E-state index contributed by atoms with van der Waals surface area (Å²) in [5.41, 5.74) is 6.04. The quantitative estimate of drug-likeness (QED) is 0.885. The van der Waals surface area contributed by atoms with Gasteiger partial charge in [-0.1, -0.05) is 6.92 Å². The van der Waals surface area contributed by atoms with Gasteiger partial charge in [-0.2, -0.15) is 0 Å². The number of carbonyl (C=O) groups is 1. The summed E-state index contributed by atoms with van der Waals surface area (Å²) in [6.07, 6.45) is 0.952. The lowest BCUT2D eigenvalue weighted by molar-refractivity contribution is -0.117. The van der Waals surface area contributed by atoms with Crippen molar-refractivity contribution in [2.24, 2.45) is 11.7 Å². The second-order valence-electron chi connectivity index (χ2n) is 5.50. The van der Waals surface area contributed by atoms with Crippen LogP contribution in [0, 0.1) is 17.6 Å². The minimum atomic E-state index is -0.714. The Hall–Kier alpha value is -1.53.